The van der Waals surface area contributed by atoms with Gasteiger partial charge in [-0.2, -0.15) is 5.26 Å². The summed E-state index contributed by atoms with van der Waals surface area (Å²) in [5.41, 5.74) is 0.929. The number of aliphatic hydroxyl groups is 1. The summed E-state index contributed by atoms with van der Waals surface area (Å²) in [4.78, 5) is 12.0. The van der Waals surface area contributed by atoms with Crippen LogP contribution < -0.4 is 5.32 Å². The third kappa shape index (κ3) is 2.88. The highest BCUT2D eigenvalue weighted by molar-refractivity contribution is 5.94. The van der Waals surface area contributed by atoms with Gasteiger partial charge in [0.15, 0.2) is 0 Å². The Balaban J connectivity index is 2.05. The van der Waals surface area contributed by atoms with Crippen LogP contribution in [0.2, 0.25) is 0 Å². The van der Waals surface area contributed by atoms with Crippen LogP contribution in [0.5, 0.6) is 0 Å². The van der Waals surface area contributed by atoms with E-state index in [4.69, 9.17) is 5.26 Å². The van der Waals surface area contributed by atoms with Gasteiger partial charge in [-0.3, -0.25) is 4.79 Å². The molecule has 4 nitrogen and oxygen atoms in total. The Hall–Kier alpha value is -1.86. The molecule has 0 aromatic heterocycles. The van der Waals surface area contributed by atoms with Gasteiger partial charge in [-0.1, -0.05) is 18.9 Å². The predicted octanol–water partition coefficient (Wildman–Crippen LogP) is 1.59. The van der Waals surface area contributed by atoms with E-state index in [0.717, 1.165) is 25.7 Å². The van der Waals surface area contributed by atoms with Crippen molar-refractivity contribution in [3.05, 3.63) is 35.4 Å². The molecule has 2 rings (SSSR count). The van der Waals surface area contributed by atoms with Crippen LogP contribution in [0.15, 0.2) is 24.3 Å². The van der Waals surface area contributed by atoms with E-state index in [2.05, 4.69) is 5.32 Å². The minimum Gasteiger partial charge on any atom is -0.391 e. The average Bonchev–Trinajstić information content (AvgIpc) is 2.41. The van der Waals surface area contributed by atoms with Crippen molar-refractivity contribution in [2.75, 3.05) is 0 Å². The summed E-state index contributed by atoms with van der Waals surface area (Å²) in [6, 6.07) is 8.41. The molecule has 18 heavy (non-hydrogen) atoms. The Morgan fingerprint density at radius 2 is 2.17 bits per heavy atom. The molecule has 1 aliphatic rings. The molecule has 2 atom stereocenters. The molecule has 0 bridgehead atoms. The van der Waals surface area contributed by atoms with E-state index >= 15 is 0 Å². The minimum absolute atomic E-state index is 0.169. The molecule has 0 radical (unpaired) electrons. The fourth-order valence-corrected chi connectivity index (χ4v) is 2.26. The monoisotopic (exact) mass is 244 g/mol. The van der Waals surface area contributed by atoms with Gasteiger partial charge in [-0.05, 0) is 31.0 Å². The number of carbonyl (C=O) groups excluding carboxylic acids is 1. The second-order valence-electron chi connectivity index (χ2n) is 4.62. The van der Waals surface area contributed by atoms with Crippen LogP contribution >= 0.6 is 0 Å². The summed E-state index contributed by atoms with van der Waals surface area (Å²) in [7, 11) is 0. The van der Waals surface area contributed by atoms with E-state index in [-0.39, 0.29) is 11.9 Å². The number of amides is 1. The number of hydrogen-bond acceptors (Lipinski definition) is 3. The van der Waals surface area contributed by atoms with E-state index in [1.807, 2.05) is 6.07 Å². The van der Waals surface area contributed by atoms with Crippen molar-refractivity contribution < 1.29 is 9.90 Å². The third-order valence-electron chi connectivity index (χ3n) is 3.30. The Kier molecular flexibility index (Phi) is 3.96. The maximum atomic E-state index is 12.0. The first-order valence-electron chi connectivity index (χ1n) is 6.20. The van der Waals surface area contributed by atoms with Crippen LogP contribution in [0.25, 0.3) is 0 Å². The fourth-order valence-electron chi connectivity index (χ4n) is 2.26. The van der Waals surface area contributed by atoms with E-state index in [9.17, 15) is 9.90 Å². The number of nitrogens with one attached hydrogen (secondary N) is 1. The van der Waals surface area contributed by atoms with Crippen LogP contribution in [0.1, 0.15) is 41.6 Å². The van der Waals surface area contributed by atoms with Crippen LogP contribution in [-0.2, 0) is 0 Å². The Morgan fingerprint density at radius 3 is 2.89 bits per heavy atom. The van der Waals surface area contributed by atoms with Gasteiger partial charge in [0.1, 0.15) is 0 Å². The largest absolute Gasteiger partial charge is 0.391 e. The summed E-state index contributed by atoms with van der Waals surface area (Å²) in [5.74, 6) is -0.224. The number of nitriles is 1. The first-order valence-corrected chi connectivity index (χ1v) is 6.20. The number of carbonyl (C=O) groups is 1. The summed E-state index contributed by atoms with van der Waals surface area (Å²) in [6.07, 6.45) is 3.13. The van der Waals surface area contributed by atoms with E-state index < -0.39 is 6.10 Å². The zero-order valence-corrected chi connectivity index (χ0v) is 10.1. The lowest BCUT2D eigenvalue weighted by Crippen LogP contribution is -2.45. The topological polar surface area (TPSA) is 73.1 Å². The molecule has 1 fully saturated rings. The summed E-state index contributed by atoms with van der Waals surface area (Å²) in [6.45, 7) is 0. The van der Waals surface area contributed by atoms with Gasteiger partial charge in [0.2, 0.25) is 0 Å². The molecule has 4 heteroatoms. The lowest BCUT2D eigenvalue weighted by Gasteiger charge is -2.28. The van der Waals surface area contributed by atoms with E-state index in [0.29, 0.717) is 11.1 Å². The highest BCUT2D eigenvalue weighted by atomic mass is 16.3. The van der Waals surface area contributed by atoms with Crippen LogP contribution in [0, 0.1) is 11.3 Å². The molecule has 1 aromatic carbocycles. The quantitative estimate of drug-likeness (QED) is 0.829. The number of hydrogen-bond donors (Lipinski definition) is 2. The van der Waals surface area contributed by atoms with Gasteiger partial charge < -0.3 is 10.4 Å². The first kappa shape index (κ1) is 12.6. The number of benzene rings is 1. The van der Waals surface area contributed by atoms with Gasteiger partial charge in [-0.25, -0.2) is 0 Å². The Labute approximate surface area is 106 Å². The maximum Gasteiger partial charge on any atom is 0.251 e. The molecule has 2 N–H and O–H groups in total. The van der Waals surface area contributed by atoms with Gasteiger partial charge >= 0.3 is 0 Å². The van der Waals surface area contributed by atoms with Crippen LogP contribution in [0.3, 0.4) is 0 Å². The van der Waals surface area contributed by atoms with Crippen molar-refractivity contribution in [3.8, 4) is 6.07 Å². The molecule has 1 amide bonds. The molecule has 0 heterocycles. The van der Waals surface area contributed by atoms with Gasteiger partial charge in [0.25, 0.3) is 5.91 Å². The minimum atomic E-state index is -0.457. The van der Waals surface area contributed by atoms with Crippen molar-refractivity contribution in [2.45, 2.75) is 37.8 Å². The fraction of sp³-hybridized carbons (Fsp3) is 0.429. The molecular weight excluding hydrogens is 228 g/mol. The third-order valence-corrected chi connectivity index (χ3v) is 3.30. The lowest BCUT2D eigenvalue weighted by atomic mass is 9.92. The van der Waals surface area contributed by atoms with Gasteiger partial charge in [0.05, 0.1) is 23.8 Å². The highest BCUT2D eigenvalue weighted by Crippen LogP contribution is 2.18. The summed E-state index contributed by atoms with van der Waals surface area (Å²) < 4.78 is 0. The lowest BCUT2D eigenvalue weighted by molar-refractivity contribution is 0.0717. The smallest absolute Gasteiger partial charge is 0.251 e. The second-order valence-corrected chi connectivity index (χ2v) is 4.62. The zero-order chi connectivity index (χ0) is 13.0. The molecule has 1 aromatic rings. The molecule has 1 saturated carbocycles. The van der Waals surface area contributed by atoms with Crippen molar-refractivity contribution in [1.82, 2.24) is 5.32 Å². The van der Waals surface area contributed by atoms with Crippen molar-refractivity contribution in [2.24, 2.45) is 0 Å². The molecule has 0 spiro atoms. The van der Waals surface area contributed by atoms with Crippen molar-refractivity contribution >= 4 is 5.91 Å². The van der Waals surface area contributed by atoms with Crippen LogP contribution in [-0.4, -0.2) is 23.2 Å². The summed E-state index contributed by atoms with van der Waals surface area (Å²) >= 11 is 0. The standard InChI is InChI=1S/C14H16N2O2/c15-9-10-4-3-5-11(8-10)14(18)16-12-6-1-2-7-13(12)17/h3-5,8,12-13,17H,1-2,6-7H2,(H,16,18)/t12-,13-/m1/s1. The molecule has 0 aliphatic heterocycles. The van der Waals surface area contributed by atoms with E-state index in [1.165, 1.54) is 0 Å². The molecular formula is C14H16N2O2. The number of nitrogens with zero attached hydrogens (tertiary/aromatic N) is 1. The van der Waals surface area contributed by atoms with Gasteiger partial charge in [0, 0.05) is 5.56 Å². The van der Waals surface area contributed by atoms with Gasteiger partial charge in [-0.15, -0.1) is 0 Å². The molecule has 1 aliphatic carbocycles. The maximum absolute atomic E-state index is 12.0. The molecule has 0 unspecified atom stereocenters. The SMILES string of the molecule is N#Cc1cccc(C(=O)N[C@@H]2CCCC[C@H]2O)c1. The Morgan fingerprint density at radius 1 is 1.39 bits per heavy atom. The van der Waals surface area contributed by atoms with Crippen molar-refractivity contribution in [3.63, 3.8) is 0 Å². The molecule has 0 saturated heterocycles. The number of rotatable bonds is 2. The van der Waals surface area contributed by atoms with Crippen molar-refractivity contribution in [1.29, 1.82) is 5.26 Å². The first-order chi connectivity index (χ1) is 8.70. The van der Waals surface area contributed by atoms with Crippen LogP contribution in [0.4, 0.5) is 0 Å². The average molecular weight is 244 g/mol. The summed E-state index contributed by atoms with van der Waals surface area (Å²) in [5, 5.41) is 21.4. The normalized spacial score (nSPS) is 23.1. The van der Waals surface area contributed by atoms with E-state index in [1.54, 1.807) is 24.3 Å². The number of aliphatic hydroxyl groups excluding tert-OH is 1. The predicted molar refractivity (Wildman–Crippen MR) is 66.9 cm³/mol. The second kappa shape index (κ2) is 5.65. The Bertz CT molecular complexity index is 479. The zero-order valence-electron chi connectivity index (χ0n) is 10.1. The highest BCUT2D eigenvalue weighted by Gasteiger charge is 2.24. The molecule has 94 valence electrons.